The van der Waals surface area contributed by atoms with Crippen LogP contribution >= 0.6 is 0 Å². The molecule has 1 N–H and O–H groups in total. The molecule has 7 heteroatoms. The van der Waals surface area contributed by atoms with Crippen LogP contribution in [-0.4, -0.2) is 80.3 Å². The van der Waals surface area contributed by atoms with Crippen molar-refractivity contribution in [1.29, 1.82) is 0 Å². The summed E-state index contributed by atoms with van der Waals surface area (Å²) < 4.78 is 10.6. The first-order valence-corrected chi connectivity index (χ1v) is 7.17. The van der Waals surface area contributed by atoms with Crippen LogP contribution in [0.25, 0.3) is 0 Å². The lowest BCUT2D eigenvalue weighted by atomic mass is 10.2. The van der Waals surface area contributed by atoms with E-state index < -0.39 is 0 Å². The van der Waals surface area contributed by atoms with Crippen LogP contribution in [0, 0.1) is 0 Å². The number of methoxy groups -OCH3 is 2. The van der Waals surface area contributed by atoms with Gasteiger partial charge in [0.25, 0.3) is 0 Å². The normalized spacial score (nSPS) is 20.5. The summed E-state index contributed by atoms with van der Waals surface area (Å²) in [6, 6.07) is 0.505. The summed E-state index contributed by atoms with van der Waals surface area (Å²) in [6.07, 6.45) is 1.45. The van der Waals surface area contributed by atoms with Crippen molar-refractivity contribution < 1.29 is 9.47 Å². The Morgan fingerprint density at radius 2 is 1.86 bits per heavy atom. The van der Waals surface area contributed by atoms with Gasteiger partial charge in [-0.3, -0.25) is 4.90 Å². The van der Waals surface area contributed by atoms with E-state index >= 15 is 0 Å². The van der Waals surface area contributed by atoms with Gasteiger partial charge in [-0.15, -0.1) is 0 Å². The van der Waals surface area contributed by atoms with Gasteiger partial charge in [0.1, 0.15) is 6.33 Å². The van der Waals surface area contributed by atoms with Crippen molar-refractivity contribution in [3.05, 3.63) is 11.9 Å². The van der Waals surface area contributed by atoms with Crippen molar-refractivity contribution in [2.24, 2.45) is 0 Å². The predicted octanol–water partition coefficient (Wildman–Crippen LogP) is -0.171. The van der Waals surface area contributed by atoms with Gasteiger partial charge in [0, 0.05) is 38.8 Å². The van der Waals surface area contributed by atoms with Crippen molar-refractivity contribution in [2.45, 2.75) is 12.6 Å². The highest BCUT2D eigenvalue weighted by molar-refractivity contribution is 5.34. The SMILES string of the molecule is COc1ncnc(OC)c1CNCC1CN(C)CCN1C. The highest BCUT2D eigenvalue weighted by Gasteiger charge is 2.22. The Hall–Kier alpha value is -1.44. The van der Waals surface area contributed by atoms with Crippen molar-refractivity contribution in [3.8, 4) is 11.8 Å². The number of piperazine rings is 1. The summed E-state index contributed by atoms with van der Waals surface area (Å²) in [5.41, 5.74) is 0.856. The van der Waals surface area contributed by atoms with Gasteiger partial charge in [-0.2, -0.15) is 0 Å². The lowest BCUT2D eigenvalue weighted by Gasteiger charge is -2.37. The molecule has 1 aromatic heterocycles. The highest BCUT2D eigenvalue weighted by Crippen LogP contribution is 2.22. The maximum absolute atomic E-state index is 5.28. The average molecular weight is 295 g/mol. The maximum atomic E-state index is 5.28. The van der Waals surface area contributed by atoms with E-state index in [1.807, 2.05) is 0 Å². The van der Waals surface area contributed by atoms with E-state index in [-0.39, 0.29) is 0 Å². The van der Waals surface area contributed by atoms with Crippen molar-refractivity contribution in [3.63, 3.8) is 0 Å². The zero-order valence-electron chi connectivity index (χ0n) is 13.3. The monoisotopic (exact) mass is 295 g/mol. The smallest absolute Gasteiger partial charge is 0.224 e. The topological polar surface area (TPSA) is 62.8 Å². The summed E-state index contributed by atoms with van der Waals surface area (Å²) in [5.74, 6) is 1.12. The van der Waals surface area contributed by atoms with Crippen LogP contribution in [0.5, 0.6) is 11.8 Å². The number of likely N-dealkylation sites (N-methyl/N-ethyl adjacent to an activating group) is 2. The predicted molar refractivity (Wildman–Crippen MR) is 80.8 cm³/mol. The molecule has 0 aliphatic carbocycles. The van der Waals surface area contributed by atoms with Crippen LogP contribution < -0.4 is 14.8 Å². The molecule has 1 atom stereocenters. The minimum Gasteiger partial charge on any atom is -0.481 e. The molecule has 0 saturated carbocycles. The van der Waals surface area contributed by atoms with Crippen LogP contribution in [0.15, 0.2) is 6.33 Å². The fourth-order valence-corrected chi connectivity index (χ4v) is 2.57. The molecule has 0 radical (unpaired) electrons. The number of hydrogen-bond acceptors (Lipinski definition) is 7. The Balaban J connectivity index is 1.94. The van der Waals surface area contributed by atoms with Gasteiger partial charge in [-0.25, -0.2) is 9.97 Å². The van der Waals surface area contributed by atoms with E-state index in [0.717, 1.165) is 31.7 Å². The van der Waals surface area contributed by atoms with E-state index in [9.17, 15) is 0 Å². The summed E-state index contributed by atoms with van der Waals surface area (Å²) in [5, 5.41) is 3.46. The molecule has 0 amide bonds. The molecule has 1 unspecified atom stereocenters. The van der Waals surface area contributed by atoms with Crippen LogP contribution in [0.3, 0.4) is 0 Å². The maximum Gasteiger partial charge on any atom is 0.224 e. The molecule has 2 rings (SSSR count). The second-order valence-corrected chi connectivity index (χ2v) is 5.40. The van der Waals surface area contributed by atoms with Crippen LogP contribution in [0.1, 0.15) is 5.56 Å². The molecule has 0 spiro atoms. The largest absolute Gasteiger partial charge is 0.481 e. The van der Waals surface area contributed by atoms with Gasteiger partial charge in [-0.05, 0) is 14.1 Å². The van der Waals surface area contributed by atoms with Gasteiger partial charge in [0.15, 0.2) is 0 Å². The Morgan fingerprint density at radius 1 is 1.19 bits per heavy atom. The van der Waals surface area contributed by atoms with Crippen molar-refractivity contribution in [2.75, 3.05) is 54.5 Å². The van der Waals surface area contributed by atoms with Crippen molar-refractivity contribution in [1.82, 2.24) is 25.1 Å². The van der Waals surface area contributed by atoms with E-state index in [1.165, 1.54) is 6.33 Å². The van der Waals surface area contributed by atoms with E-state index in [1.54, 1.807) is 14.2 Å². The number of nitrogens with zero attached hydrogens (tertiary/aromatic N) is 4. The highest BCUT2D eigenvalue weighted by atomic mass is 16.5. The second-order valence-electron chi connectivity index (χ2n) is 5.40. The molecule has 0 aromatic carbocycles. The molecule has 118 valence electrons. The fraction of sp³-hybridized carbons (Fsp3) is 0.714. The van der Waals surface area contributed by atoms with E-state index in [2.05, 4.69) is 39.2 Å². The first-order chi connectivity index (χ1) is 10.2. The molecular weight excluding hydrogens is 270 g/mol. The Morgan fingerprint density at radius 3 is 2.48 bits per heavy atom. The Bertz CT molecular complexity index is 435. The third-order valence-corrected chi connectivity index (χ3v) is 3.91. The fourth-order valence-electron chi connectivity index (χ4n) is 2.57. The summed E-state index contributed by atoms with van der Waals surface area (Å²) in [6.45, 7) is 4.83. The van der Waals surface area contributed by atoms with Crippen LogP contribution in [-0.2, 0) is 6.54 Å². The zero-order chi connectivity index (χ0) is 15.2. The van der Waals surface area contributed by atoms with Crippen molar-refractivity contribution >= 4 is 0 Å². The summed E-state index contributed by atoms with van der Waals surface area (Å²) in [7, 11) is 7.55. The number of nitrogens with one attached hydrogen (secondary N) is 1. The second kappa shape index (κ2) is 7.53. The van der Waals surface area contributed by atoms with E-state index in [0.29, 0.717) is 24.3 Å². The minimum atomic E-state index is 0.505. The first kappa shape index (κ1) is 15.9. The molecule has 2 heterocycles. The van der Waals surface area contributed by atoms with Gasteiger partial charge in [-0.1, -0.05) is 0 Å². The third kappa shape index (κ3) is 4.03. The summed E-state index contributed by atoms with van der Waals surface area (Å²) >= 11 is 0. The van der Waals surface area contributed by atoms with Gasteiger partial charge in [0.05, 0.1) is 19.8 Å². The van der Waals surface area contributed by atoms with E-state index in [4.69, 9.17) is 9.47 Å². The standard InChI is InChI=1S/C14H25N5O2/c1-18-5-6-19(2)11(9-18)7-15-8-12-13(20-3)16-10-17-14(12)21-4/h10-11,15H,5-9H2,1-4H3. The summed E-state index contributed by atoms with van der Waals surface area (Å²) in [4.78, 5) is 13.0. The van der Waals surface area contributed by atoms with Crippen LogP contribution in [0.2, 0.25) is 0 Å². The van der Waals surface area contributed by atoms with Gasteiger partial charge < -0.3 is 19.7 Å². The Labute approximate surface area is 126 Å². The Kier molecular flexibility index (Phi) is 5.72. The van der Waals surface area contributed by atoms with Gasteiger partial charge in [0.2, 0.25) is 11.8 Å². The molecule has 1 saturated heterocycles. The minimum absolute atomic E-state index is 0.505. The number of aromatic nitrogens is 2. The molecule has 1 aliphatic rings. The van der Waals surface area contributed by atoms with Gasteiger partial charge >= 0.3 is 0 Å². The van der Waals surface area contributed by atoms with Crippen LogP contribution in [0.4, 0.5) is 0 Å². The molecule has 21 heavy (non-hydrogen) atoms. The lowest BCUT2D eigenvalue weighted by molar-refractivity contribution is 0.113. The number of hydrogen-bond donors (Lipinski definition) is 1. The quantitative estimate of drug-likeness (QED) is 0.781. The zero-order valence-corrected chi connectivity index (χ0v) is 13.3. The average Bonchev–Trinajstić information content (AvgIpc) is 2.50. The third-order valence-electron chi connectivity index (χ3n) is 3.91. The molecule has 1 fully saturated rings. The molecule has 0 bridgehead atoms. The lowest BCUT2D eigenvalue weighted by Crippen LogP contribution is -2.53. The number of rotatable bonds is 6. The first-order valence-electron chi connectivity index (χ1n) is 7.17. The molecule has 7 nitrogen and oxygen atoms in total. The molecule has 1 aromatic rings. The number of ether oxygens (including phenoxy) is 2. The molecule has 1 aliphatic heterocycles. The molecular formula is C14H25N5O2.